The molecule has 4 heterocycles. The summed E-state index contributed by atoms with van der Waals surface area (Å²) in [5.74, 6) is 0.969. The quantitative estimate of drug-likeness (QED) is 0.862. The summed E-state index contributed by atoms with van der Waals surface area (Å²) in [6.07, 6.45) is 3.38. The van der Waals surface area contributed by atoms with Crippen LogP contribution < -0.4 is 5.32 Å². The molecule has 1 amide bonds. The van der Waals surface area contributed by atoms with E-state index >= 15 is 0 Å². The molecule has 4 nitrogen and oxygen atoms in total. The van der Waals surface area contributed by atoms with E-state index < -0.39 is 0 Å². The Bertz CT molecular complexity index is 681. The second kappa shape index (κ2) is 7.17. The minimum Gasteiger partial charge on any atom is -0.350 e. The third kappa shape index (κ3) is 3.64. The van der Waals surface area contributed by atoms with Gasteiger partial charge >= 0.3 is 0 Å². The van der Waals surface area contributed by atoms with Crippen LogP contribution in [0.25, 0.3) is 0 Å². The summed E-state index contributed by atoms with van der Waals surface area (Å²) in [4.78, 5) is 17.8. The SMILES string of the molecule is CCC(C)(C)NC(=O)CN1C[C@@H](c2ccc(F)cc2)[C@@H]2[C@H]1C1CCN2CC1. The largest absolute Gasteiger partial charge is 0.350 e. The number of fused-ring (bicyclic) bond motifs is 2. The molecule has 27 heavy (non-hydrogen) atoms. The number of halogens is 1. The average Bonchev–Trinajstić information content (AvgIpc) is 3.04. The fourth-order valence-corrected chi connectivity index (χ4v) is 5.42. The van der Waals surface area contributed by atoms with Gasteiger partial charge in [-0.15, -0.1) is 0 Å². The standard InChI is InChI=1S/C22H32FN3O/c1-4-22(2,3)24-19(27)14-26-13-18(15-5-7-17(23)8-6-15)21-20(26)16-9-11-25(21)12-10-16/h5-8,16,18,20-21H,4,9-14H2,1-3H3,(H,24,27)/t18-,20+,21+/m0/s1. The van der Waals surface area contributed by atoms with Gasteiger partial charge in [-0.2, -0.15) is 0 Å². The van der Waals surface area contributed by atoms with Crippen LogP contribution in [0.1, 0.15) is 51.5 Å². The fraction of sp³-hybridized carbons (Fsp3) is 0.682. The van der Waals surface area contributed by atoms with Crippen molar-refractivity contribution in [1.29, 1.82) is 0 Å². The first kappa shape index (κ1) is 18.9. The number of carbonyl (C=O) groups excluding carboxylic acids is 1. The summed E-state index contributed by atoms with van der Waals surface area (Å²) in [7, 11) is 0. The highest BCUT2D eigenvalue weighted by Gasteiger charge is 2.53. The number of hydrogen-bond donors (Lipinski definition) is 1. The van der Waals surface area contributed by atoms with Crippen molar-refractivity contribution in [3.63, 3.8) is 0 Å². The molecule has 148 valence electrons. The molecule has 0 aromatic heterocycles. The molecule has 0 unspecified atom stereocenters. The summed E-state index contributed by atoms with van der Waals surface area (Å²) in [5.41, 5.74) is 1.04. The Labute approximate surface area is 162 Å². The molecule has 1 aromatic rings. The fourth-order valence-electron chi connectivity index (χ4n) is 5.42. The molecule has 4 fully saturated rings. The van der Waals surface area contributed by atoms with Crippen molar-refractivity contribution in [3.8, 4) is 0 Å². The minimum absolute atomic E-state index is 0.122. The van der Waals surface area contributed by atoms with Crippen LogP contribution in [-0.2, 0) is 4.79 Å². The van der Waals surface area contributed by atoms with E-state index in [4.69, 9.17) is 0 Å². The molecule has 5 heteroatoms. The van der Waals surface area contributed by atoms with E-state index in [-0.39, 0.29) is 17.3 Å². The molecule has 0 saturated carbocycles. The average molecular weight is 374 g/mol. The maximum atomic E-state index is 13.4. The smallest absolute Gasteiger partial charge is 0.234 e. The van der Waals surface area contributed by atoms with Crippen molar-refractivity contribution in [2.75, 3.05) is 26.2 Å². The maximum absolute atomic E-state index is 13.4. The monoisotopic (exact) mass is 373 g/mol. The highest BCUT2D eigenvalue weighted by Crippen LogP contribution is 2.46. The van der Waals surface area contributed by atoms with Crippen molar-refractivity contribution in [2.24, 2.45) is 5.92 Å². The van der Waals surface area contributed by atoms with E-state index in [0.29, 0.717) is 30.5 Å². The number of amides is 1. The van der Waals surface area contributed by atoms with E-state index in [1.54, 1.807) is 12.1 Å². The highest BCUT2D eigenvalue weighted by molar-refractivity contribution is 5.79. The lowest BCUT2D eigenvalue weighted by Crippen LogP contribution is -2.61. The van der Waals surface area contributed by atoms with Gasteiger partial charge in [0.05, 0.1) is 6.54 Å². The summed E-state index contributed by atoms with van der Waals surface area (Å²) < 4.78 is 13.4. The molecule has 4 saturated heterocycles. The van der Waals surface area contributed by atoms with Crippen LogP contribution >= 0.6 is 0 Å². The Hall–Kier alpha value is -1.46. The van der Waals surface area contributed by atoms with E-state index in [2.05, 4.69) is 35.9 Å². The van der Waals surface area contributed by atoms with E-state index in [9.17, 15) is 9.18 Å². The molecule has 0 spiro atoms. The summed E-state index contributed by atoms with van der Waals surface area (Å²) in [5, 5.41) is 3.19. The Balaban J connectivity index is 1.55. The summed E-state index contributed by atoms with van der Waals surface area (Å²) in [6, 6.07) is 7.90. The van der Waals surface area contributed by atoms with Gasteiger partial charge in [-0.1, -0.05) is 19.1 Å². The van der Waals surface area contributed by atoms with Crippen molar-refractivity contribution in [2.45, 2.75) is 63.6 Å². The van der Waals surface area contributed by atoms with Gasteiger partial charge in [-0.3, -0.25) is 14.6 Å². The third-order valence-corrected chi connectivity index (χ3v) is 7.10. The van der Waals surface area contributed by atoms with Gasteiger partial charge in [0.15, 0.2) is 0 Å². The summed E-state index contributed by atoms with van der Waals surface area (Å²) in [6.45, 7) is 9.92. The van der Waals surface area contributed by atoms with Crippen LogP contribution in [-0.4, -0.2) is 59.5 Å². The van der Waals surface area contributed by atoms with Crippen LogP contribution in [0, 0.1) is 11.7 Å². The van der Waals surface area contributed by atoms with Crippen molar-refractivity contribution in [1.82, 2.24) is 15.1 Å². The number of rotatable bonds is 5. The topological polar surface area (TPSA) is 35.6 Å². The zero-order valence-corrected chi connectivity index (χ0v) is 16.7. The van der Waals surface area contributed by atoms with Crippen LogP contribution in [0.3, 0.4) is 0 Å². The predicted octanol–water partition coefficient (Wildman–Crippen LogP) is 2.99. The first-order valence-corrected chi connectivity index (χ1v) is 10.4. The van der Waals surface area contributed by atoms with Crippen LogP contribution in [0.5, 0.6) is 0 Å². The predicted molar refractivity (Wildman–Crippen MR) is 105 cm³/mol. The zero-order valence-electron chi connectivity index (χ0n) is 16.7. The number of benzene rings is 1. The normalized spacial score (nSPS) is 33.1. The van der Waals surface area contributed by atoms with Gasteiger partial charge in [-0.25, -0.2) is 4.39 Å². The molecular weight excluding hydrogens is 341 g/mol. The first-order valence-electron chi connectivity index (χ1n) is 10.4. The van der Waals surface area contributed by atoms with Crippen molar-refractivity contribution >= 4 is 5.91 Å². The van der Waals surface area contributed by atoms with E-state index in [1.165, 1.54) is 18.4 Å². The third-order valence-electron chi connectivity index (χ3n) is 7.10. The van der Waals surface area contributed by atoms with Crippen LogP contribution in [0.2, 0.25) is 0 Å². The molecule has 0 aliphatic carbocycles. The van der Waals surface area contributed by atoms with Gasteiger partial charge in [0.25, 0.3) is 0 Å². The van der Waals surface area contributed by atoms with Gasteiger partial charge in [0.2, 0.25) is 5.91 Å². The lowest BCUT2D eigenvalue weighted by atomic mass is 9.75. The van der Waals surface area contributed by atoms with E-state index in [0.717, 1.165) is 26.1 Å². The molecule has 4 aliphatic heterocycles. The Morgan fingerprint density at radius 2 is 1.85 bits per heavy atom. The maximum Gasteiger partial charge on any atom is 0.234 e. The molecule has 3 atom stereocenters. The molecule has 5 rings (SSSR count). The Morgan fingerprint density at radius 1 is 1.19 bits per heavy atom. The second-order valence-corrected chi connectivity index (χ2v) is 9.23. The molecule has 0 radical (unpaired) electrons. The molecular formula is C22H32FN3O. The van der Waals surface area contributed by atoms with E-state index in [1.807, 2.05) is 12.1 Å². The number of carbonyl (C=O) groups is 1. The number of nitrogens with one attached hydrogen (secondary N) is 1. The molecule has 2 bridgehead atoms. The molecule has 4 aliphatic rings. The second-order valence-electron chi connectivity index (χ2n) is 9.23. The van der Waals surface area contributed by atoms with Crippen LogP contribution in [0.15, 0.2) is 24.3 Å². The zero-order chi connectivity index (χ0) is 19.2. The summed E-state index contributed by atoms with van der Waals surface area (Å²) >= 11 is 0. The highest BCUT2D eigenvalue weighted by atomic mass is 19.1. The van der Waals surface area contributed by atoms with Gasteiger partial charge in [-0.05, 0) is 69.8 Å². The van der Waals surface area contributed by atoms with Gasteiger partial charge in [0, 0.05) is 30.1 Å². The number of likely N-dealkylation sites (tertiary alicyclic amines) is 1. The Morgan fingerprint density at radius 3 is 2.48 bits per heavy atom. The Kier molecular flexibility index (Phi) is 5.02. The molecule has 1 aromatic carbocycles. The lowest BCUT2D eigenvalue weighted by Gasteiger charge is -2.51. The molecule has 1 N–H and O–H groups in total. The van der Waals surface area contributed by atoms with Gasteiger partial charge in [0.1, 0.15) is 5.82 Å². The number of nitrogens with zero attached hydrogens (tertiary/aromatic N) is 2. The number of hydrogen-bond acceptors (Lipinski definition) is 3. The lowest BCUT2D eigenvalue weighted by molar-refractivity contribution is -0.125. The minimum atomic E-state index is -0.184. The van der Waals surface area contributed by atoms with Gasteiger partial charge < -0.3 is 5.32 Å². The van der Waals surface area contributed by atoms with Crippen molar-refractivity contribution in [3.05, 3.63) is 35.6 Å². The van der Waals surface area contributed by atoms with Crippen LogP contribution in [0.4, 0.5) is 4.39 Å². The number of piperidine rings is 3. The van der Waals surface area contributed by atoms with Crippen molar-refractivity contribution < 1.29 is 9.18 Å². The first-order chi connectivity index (χ1) is 12.9.